The van der Waals surface area contributed by atoms with Crippen molar-refractivity contribution >= 4 is 34.1 Å². The summed E-state index contributed by atoms with van der Waals surface area (Å²) < 4.78 is 7.53. The van der Waals surface area contributed by atoms with Gasteiger partial charge in [0.25, 0.3) is 0 Å². The van der Waals surface area contributed by atoms with E-state index >= 15 is 0 Å². The van der Waals surface area contributed by atoms with E-state index in [0.29, 0.717) is 35.9 Å². The van der Waals surface area contributed by atoms with Crippen LogP contribution in [0.1, 0.15) is 48.9 Å². The number of hydrogen-bond donors (Lipinski definition) is 1. The van der Waals surface area contributed by atoms with Gasteiger partial charge in [-0.05, 0) is 62.1 Å². The highest BCUT2D eigenvalue weighted by Gasteiger charge is 2.48. The minimum Gasteiger partial charge on any atom is -0.378 e. The third-order valence-corrected chi connectivity index (χ3v) is 8.28. The zero-order valence-corrected chi connectivity index (χ0v) is 18.9. The summed E-state index contributed by atoms with van der Waals surface area (Å²) in [5.41, 5.74) is 4.30. The zero-order chi connectivity index (χ0) is 21.4. The molecule has 2 aromatic heterocycles. The van der Waals surface area contributed by atoms with Gasteiger partial charge in [0.15, 0.2) is 0 Å². The van der Waals surface area contributed by atoms with Gasteiger partial charge in [0.05, 0.1) is 48.4 Å². The fourth-order valence-electron chi connectivity index (χ4n) is 6.00. The number of hydrogen-bond acceptors (Lipinski definition) is 6. The first-order valence-corrected chi connectivity index (χ1v) is 12.1. The Morgan fingerprint density at radius 3 is 2.69 bits per heavy atom. The lowest BCUT2D eigenvalue weighted by atomic mass is 9.86. The van der Waals surface area contributed by atoms with Crippen LogP contribution in [0.15, 0.2) is 24.5 Å². The van der Waals surface area contributed by atoms with E-state index in [1.807, 2.05) is 18.5 Å². The van der Waals surface area contributed by atoms with Crippen LogP contribution in [0.25, 0.3) is 10.9 Å². The van der Waals surface area contributed by atoms with Crippen LogP contribution in [0.3, 0.4) is 0 Å². The highest BCUT2D eigenvalue weighted by atomic mass is 35.5. The van der Waals surface area contributed by atoms with Crippen molar-refractivity contribution in [2.24, 2.45) is 5.92 Å². The minimum absolute atomic E-state index is 0.513. The molecule has 2 saturated carbocycles. The summed E-state index contributed by atoms with van der Waals surface area (Å²) in [6.45, 7) is 5.06. The third kappa shape index (κ3) is 3.05. The molecule has 4 heterocycles. The molecule has 1 aromatic carbocycles. The monoisotopic (exact) mass is 450 g/mol. The van der Waals surface area contributed by atoms with Gasteiger partial charge in [-0.3, -0.25) is 9.58 Å². The summed E-state index contributed by atoms with van der Waals surface area (Å²) in [5.74, 6) is 1.79. The molecule has 2 aliphatic carbocycles. The number of ether oxygens (including phenoxy) is 1. The van der Waals surface area contributed by atoms with Gasteiger partial charge in [-0.2, -0.15) is 5.10 Å². The van der Waals surface area contributed by atoms with Gasteiger partial charge in [0, 0.05) is 29.2 Å². The Morgan fingerprint density at radius 1 is 1.09 bits per heavy atom. The standard InChI is InChI=1S/C24H27ClN6O/c1-13-23(9-27-31(13)16-2-3-16)29-24-26-8-14-5-21(25)20(7-22(14)28-24)19-6-17-4-15(19)10-30(17)18-11-32-12-18/h5,7-9,15-19H,2-4,6,10-12H2,1H3,(H,26,28,29). The molecule has 2 aliphatic heterocycles. The van der Waals surface area contributed by atoms with Crippen LogP contribution in [0.5, 0.6) is 0 Å². The number of aromatic nitrogens is 4. The van der Waals surface area contributed by atoms with Crippen molar-refractivity contribution in [3.05, 3.63) is 40.8 Å². The SMILES string of the molecule is Cc1c(Nc2ncc3cc(Cl)c(C4CC5CC4CN5C4COC4)cc3n2)cnn1C1CC1. The molecule has 0 spiro atoms. The summed E-state index contributed by atoms with van der Waals surface area (Å²) in [7, 11) is 0. The van der Waals surface area contributed by atoms with Crippen LogP contribution < -0.4 is 5.32 Å². The quantitative estimate of drug-likeness (QED) is 0.619. The van der Waals surface area contributed by atoms with Crippen LogP contribution in [0.4, 0.5) is 11.6 Å². The molecule has 7 nitrogen and oxygen atoms in total. The zero-order valence-electron chi connectivity index (χ0n) is 18.2. The maximum Gasteiger partial charge on any atom is 0.227 e. The average Bonchev–Trinajstić information content (AvgIpc) is 3.24. The molecule has 4 aliphatic rings. The lowest BCUT2D eigenvalue weighted by Crippen LogP contribution is -2.52. The molecule has 3 unspecified atom stereocenters. The number of nitrogens with one attached hydrogen (secondary N) is 1. The minimum atomic E-state index is 0.513. The van der Waals surface area contributed by atoms with Crippen molar-refractivity contribution in [1.82, 2.24) is 24.6 Å². The first-order valence-electron chi connectivity index (χ1n) is 11.7. The molecular formula is C24H27ClN6O. The average molecular weight is 451 g/mol. The molecule has 3 aromatic rings. The van der Waals surface area contributed by atoms with Crippen molar-refractivity contribution in [3.63, 3.8) is 0 Å². The number of fused-ring (bicyclic) bond motifs is 3. The summed E-state index contributed by atoms with van der Waals surface area (Å²) in [5, 5.41) is 9.73. The third-order valence-electron chi connectivity index (χ3n) is 7.96. The second kappa shape index (κ2) is 7.14. The van der Waals surface area contributed by atoms with E-state index in [1.54, 1.807) is 0 Å². The van der Waals surface area contributed by atoms with Crippen molar-refractivity contribution in [3.8, 4) is 0 Å². The number of piperidine rings is 1. The lowest BCUT2D eigenvalue weighted by Gasteiger charge is -2.41. The van der Waals surface area contributed by atoms with E-state index in [1.165, 1.54) is 37.8 Å². The molecule has 0 radical (unpaired) electrons. The molecule has 4 fully saturated rings. The first kappa shape index (κ1) is 19.3. The molecule has 7 rings (SSSR count). The summed E-state index contributed by atoms with van der Waals surface area (Å²) in [4.78, 5) is 12.0. The molecule has 2 saturated heterocycles. The van der Waals surface area contributed by atoms with Gasteiger partial charge < -0.3 is 10.1 Å². The van der Waals surface area contributed by atoms with Crippen molar-refractivity contribution < 1.29 is 4.74 Å². The highest BCUT2D eigenvalue weighted by Crippen LogP contribution is 2.50. The molecule has 0 amide bonds. The molecule has 8 heteroatoms. The Hall–Kier alpha value is -2.22. The van der Waals surface area contributed by atoms with Gasteiger partial charge in [0.1, 0.15) is 0 Å². The van der Waals surface area contributed by atoms with Crippen molar-refractivity contribution in [2.75, 3.05) is 25.1 Å². The maximum atomic E-state index is 6.77. The van der Waals surface area contributed by atoms with E-state index in [2.05, 4.69) is 38.0 Å². The van der Waals surface area contributed by atoms with Gasteiger partial charge in [-0.15, -0.1) is 0 Å². The summed E-state index contributed by atoms with van der Waals surface area (Å²) in [6, 6.07) is 6.09. The molecular weight excluding hydrogens is 424 g/mol. The normalized spacial score (nSPS) is 27.9. The summed E-state index contributed by atoms with van der Waals surface area (Å²) >= 11 is 6.77. The Bertz CT molecular complexity index is 1200. The lowest BCUT2D eigenvalue weighted by molar-refractivity contribution is -0.0755. The Morgan fingerprint density at radius 2 is 1.97 bits per heavy atom. The smallest absolute Gasteiger partial charge is 0.227 e. The highest BCUT2D eigenvalue weighted by molar-refractivity contribution is 6.32. The van der Waals surface area contributed by atoms with Gasteiger partial charge >= 0.3 is 0 Å². The van der Waals surface area contributed by atoms with E-state index < -0.39 is 0 Å². The molecule has 32 heavy (non-hydrogen) atoms. The van der Waals surface area contributed by atoms with Crippen LogP contribution in [-0.4, -0.2) is 56.5 Å². The molecule has 1 N–H and O–H groups in total. The predicted octanol–water partition coefficient (Wildman–Crippen LogP) is 4.44. The Kier molecular flexibility index (Phi) is 4.30. The first-order chi connectivity index (χ1) is 15.6. The second-order valence-electron chi connectivity index (χ2n) is 9.95. The fraction of sp³-hybridized carbons (Fsp3) is 0.542. The number of nitrogens with zero attached hydrogens (tertiary/aromatic N) is 5. The van der Waals surface area contributed by atoms with E-state index in [4.69, 9.17) is 21.3 Å². The largest absolute Gasteiger partial charge is 0.378 e. The number of rotatable bonds is 5. The fourth-order valence-corrected chi connectivity index (χ4v) is 6.31. The van der Waals surface area contributed by atoms with Crippen LogP contribution in [0, 0.1) is 12.8 Å². The van der Waals surface area contributed by atoms with Gasteiger partial charge in [-0.25, -0.2) is 9.97 Å². The Balaban J connectivity index is 1.16. The van der Waals surface area contributed by atoms with Crippen LogP contribution >= 0.6 is 11.6 Å². The van der Waals surface area contributed by atoms with Crippen LogP contribution in [0.2, 0.25) is 5.02 Å². The Labute approximate surface area is 192 Å². The van der Waals surface area contributed by atoms with E-state index in [9.17, 15) is 0 Å². The van der Waals surface area contributed by atoms with E-state index in [-0.39, 0.29) is 0 Å². The summed E-state index contributed by atoms with van der Waals surface area (Å²) in [6.07, 6.45) is 8.63. The topological polar surface area (TPSA) is 68.1 Å². The van der Waals surface area contributed by atoms with E-state index in [0.717, 1.165) is 40.5 Å². The van der Waals surface area contributed by atoms with Crippen molar-refractivity contribution in [1.29, 1.82) is 0 Å². The number of anilines is 2. The molecule has 2 bridgehead atoms. The number of benzene rings is 1. The molecule has 166 valence electrons. The number of likely N-dealkylation sites (tertiary alicyclic amines) is 1. The second-order valence-corrected chi connectivity index (χ2v) is 10.4. The van der Waals surface area contributed by atoms with Crippen molar-refractivity contribution in [2.45, 2.75) is 56.7 Å². The van der Waals surface area contributed by atoms with Crippen LogP contribution in [-0.2, 0) is 4.74 Å². The molecule has 3 atom stereocenters. The number of halogens is 1. The van der Waals surface area contributed by atoms with Gasteiger partial charge in [0.2, 0.25) is 5.95 Å². The maximum absolute atomic E-state index is 6.77. The van der Waals surface area contributed by atoms with Gasteiger partial charge in [-0.1, -0.05) is 11.6 Å². The predicted molar refractivity (Wildman–Crippen MR) is 124 cm³/mol.